The van der Waals surface area contributed by atoms with Crippen LogP contribution in [0.25, 0.3) is 0 Å². The molecule has 1 aliphatic heterocycles. The van der Waals surface area contributed by atoms with Crippen LogP contribution in [0, 0.1) is 23.1 Å². The summed E-state index contributed by atoms with van der Waals surface area (Å²) in [6.07, 6.45) is 4.26. The summed E-state index contributed by atoms with van der Waals surface area (Å²) in [6.45, 7) is 5.73. The van der Waals surface area contributed by atoms with Gasteiger partial charge in [0.15, 0.2) is 0 Å². The van der Waals surface area contributed by atoms with E-state index in [9.17, 15) is 9.65 Å². The Labute approximate surface area is 146 Å². The molecular formula is C18H19ClFN3O. The van der Waals surface area contributed by atoms with Crippen LogP contribution in [-0.4, -0.2) is 11.9 Å². The minimum absolute atomic E-state index is 0.0887. The van der Waals surface area contributed by atoms with Crippen LogP contribution in [0.3, 0.4) is 0 Å². The van der Waals surface area contributed by atoms with E-state index in [2.05, 4.69) is 16.4 Å². The molecule has 1 aromatic rings. The van der Waals surface area contributed by atoms with Gasteiger partial charge >= 0.3 is 0 Å². The Morgan fingerprint density at radius 2 is 2.21 bits per heavy atom. The maximum absolute atomic E-state index is 13.6. The number of rotatable bonds is 3. The van der Waals surface area contributed by atoms with Crippen molar-refractivity contribution in [2.75, 3.05) is 0 Å². The van der Waals surface area contributed by atoms with Crippen LogP contribution in [-0.2, 0) is 0 Å². The summed E-state index contributed by atoms with van der Waals surface area (Å²) in [7, 11) is 0. The normalized spacial score (nSPS) is 24.0. The van der Waals surface area contributed by atoms with Crippen LogP contribution >= 0.6 is 11.6 Å². The van der Waals surface area contributed by atoms with Gasteiger partial charge in [0, 0.05) is 6.07 Å². The van der Waals surface area contributed by atoms with Crippen molar-refractivity contribution in [1.82, 2.24) is 5.32 Å². The van der Waals surface area contributed by atoms with E-state index in [-0.39, 0.29) is 17.9 Å². The highest BCUT2D eigenvalue weighted by atomic mass is 35.5. The topological polar surface area (TPSA) is 57.4 Å². The van der Waals surface area contributed by atoms with Crippen molar-refractivity contribution in [2.45, 2.75) is 33.3 Å². The molecule has 0 bridgehead atoms. The average Bonchev–Trinajstić information content (AvgIpc) is 2.51. The molecule has 0 amide bonds. The smallest absolute Gasteiger partial charge is 0.149 e. The van der Waals surface area contributed by atoms with E-state index >= 15 is 0 Å². The first kappa shape index (κ1) is 18.0. The molecule has 1 atom stereocenters. The highest BCUT2D eigenvalue weighted by molar-refractivity contribution is 6.31. The minimum Gasteiger partial charge on any atom is -0.489 e. The van der Waals surface area contributed by atoms with E-state index in [1.54, 1.807) is 0 Å². The number of nitrogens with zero attached hydrogens (tertiary/aromatic N) is 2. The van der Waals surface area contributed by atoms with Gasteiger partial charge < -0.3 is 10.1 Å². The lowest BCUT2D eigenvalue weighted by molar-refractivity contribution is 0.243. The fourth-order valence-electron chi connectivity index (χ4n) is 2.18. The summed E-state index contributed by atoms with van der Waals surface area (Å²) < 4.78 is 19.3. The third kappa shape index (κ3) is 4.84. The number of ether oxygens (including phenoxy) is 1. The molecular weight excluding hydrogens is 329 g/mol. The first-order valence-corrected chi connectivity index (χ1v) is 8.06. The van der Waals surface area contributed by atoms with Gasteiger partial charge in [-0.25, -0.2) is 9.38 Å². The molecule has 1 N–H and O–H groups in total. The maximum Gasteiger partial charge on any atom is 0.149 e. The molecule has 6 heteroatoms. The summed E-state index contributed by atoms with van der Waals surface area (Å²) in [4.78, 5) is 4.40. The van der Waals surface area contributed by atoms with E-state index < -0.39 is 5.82 Å². The van der Waals surface area contributed by atoms with Gasteiger partial charge in [-0.1, -0.05) is 24.6 Å². The Morgan fingerprint density at radius 1 is 1.46 bits per heavy atom. The molecule has 0 radical (unpaired) electrons. The zero-order chi connectivity index (χ0) is 17.7. The van der Waals surface area contributed by atoms with Crippen molar-refractivity contribution in [1.29, 1.82) is 5.26 Å². The number of nitrogens with one attached hydrogen (secondary N) is 1. The van der Waals surface area contributed by atoms with Crippen molar-refractivity contribution in [3.8, 4) is 11.8 Å². The van der Waals surface area contributed by atoms with Crippen LogP contribution in [0.4, 0.5) is 10.1 Å². The van der Waals surface area contributed by atoms with Crippen LogP contribution in [0.1, 0.15) is 27.2 Å². The zero-order valence-electron chi connectivity index (χ0n) is 13.8. The lowest BCUT2D eigenvalue weighted by Gasteiger charge is -2.16. The number of hydrogen-bond donors (Lipinski definition) is 1. The largest absolute Gasteiger partial charge is 0.489 e. The molecule has 2 rings (SSSR count). The molecule has 126 valence electrons. The van der Waals surface area contributed by atoms with Crippen molar-refractivity contribution < 1.29 is 9.13 Å². The summed E-state index contributed by atoms with van der Waals surface area (Å²) in [5, 5.41) is 12.7. The predicted molar refractivity (Wildman–Crippen MR) is 93.8 cm³/mol. The molecule has 0 aliphatic carbocycles. The number of nitriles is 1. The van der Waals surface area contributed by atoms with E-state index in [4.69, 9.17) is 16.3 Å². The highest BCUT2D eigenvalue weighted by Crippen LogP contribution is 2.30. The maximum atomic E-state index is 13.6. The summed E-state index contributed by atoms with van der Waals surface area (Å²) in [5.41, 5.74) is 0.651. The second kappa shape index (κ2) is 7.98. The van der Waals surface area contributed by atoms with Gasteiger partial charge in [0.25, 0.3) is 0 Å². The van der Waals surface area contributed by atoms with Gasteiger partial charge in [-0.15, -0.1) is 0 Å². The Hall–Kier alpha value is -2.32. The molecule has 0 saturated heterocycles. The molecule has 0 aromatic heterocycles. The summed E-state index contributed by atoms with van der Waals surface area (Å²) >= 11 is 6.12. The summed E-state index contributed by atoms with van der Waals surface area (Å²) in [6, 6.07) is 6.21. The van der Waals surface area contributed by atoms with Gasteiger partial charge in [-0.05, 0) is 44.4 Å². The molecule has 0 saturated carbocycles. The van der Waals surface area contributed by atoms with Gasteiger partial charge in [-0.3, -0.25) is 0 Å². The zero-order valence-corrected chi connectivity index (χ0v) is 14.6. The second-order valence-corrected chi connectivity index (χ2v) is 6.23. The van der Waals surface area contributed by atoms with Crippen LogP contribution in [0.2, 0.25) is 0 Å². The number of benzene rings is 1. The van der Waals surface area contributed by atoms with E-state index in [0.717, 1.165) is 0 Å². The lowest BCUT2D eigenvalue weighted by Crippen LogP contribution is -2.24. The Morgan fingerprint density at radius 3 is 2.88 bits per heavy atom. The molecule has 1 heterocycles. The SMILES string of the molecule is CC1/C=C(/C#N)C(=Nc2cc(F)ccc2OC(C)C)N/C(Cl)=C/C1. The number of halogens is 2. The molecule has 1 aromatic carbocycles. The first-order chi connectivity index (χ1) is 11.4. The third-order valence-corrected chi connectivity index (χ3v) is 3.50. The molecule has 1 unspecified atom stereocenters. The molecule has 1 aliphatic rings. The minimum atomic E-state index is -0.436. The van der Waals surface area contributed by atoms with Crippen molar-refractivity contribution in [2.24, 2.45) is 10.9 Å². The Bertz CT molecular complexity index is 747. The van der Waals surface area contributed by atoms with Gasteiger partial charge in [0.05, 0.1) is 11.7 Å². The van der Waals surface area contributed by atoms with Crippen LogP contribution < -0.4 is 10.1 Å². The molecule has 4 nitrogen and oxygen atoms in total. The Balaban J connectivity index is 2.52. The quantitative estimate of drug-likeness (QED) is 0.799. The lowest BCUT2D eigenvalue weighted by atomic mass is 10.0. The molecule has 24 heavy (non-hydrogen) atoms. The molecule has 0 spiro atoms. The van der Waals surface area contributed by atoms with Crippen molar-refractivity contribution in [3.05, 3.63) is 46.9 Å². The number of aliphatic imine (C=N–C) groups is 1. The first-order valence-electron chi connectivity index (χ1n) is 7.69. The fraction of sp³-hybridized carbons (Fsp3) is 0.333. The van der Waals surface area contributed by atoms with Crippen molar-refractivity contribution in [3.63, 3.8) is 0 Å². The van der Waals surface area contributed by atoms with Gasteiger partial charge in [-0.2, -0.15) is 5.26 Å². The predicted octanol–water partition coefficient (Wildman–Crippen LogP) is 4.80. The van der Waals surface area contributed by atoms with Crippen LogP contribution in [0.15, 0.2) is 46.1 Å². The molecule has 0 fully saturated rings. The standard InChI is InChI=1S/C18H19ClFN3O/c1-11(2)24-16-6-5-14(20)9-15(16)22-18-13(10-21)8-12(3)4-7-17(19)23-18/h5-9,11-12H,4H2,1-3H3,(H,22,23)/b13-8-,17-7+. The monoisotopic (exact) mass is 347 g/mol. The third-order valence-electron chi connectivity index (χ3n) is 3.25. The average molecular weight is 348 g/mol. The van der Waals surface area contributed by atoms with Gasteiger partial charge in [0.2, 0.25) is 0 Å². The second-order valence-electron chi connectivity index (χ2n) is 5.82. The van der Waals surface area contributed by atoms with E-state index in [1.165, 1.54) is 18.2 Å². The fourth-order valence-corrected chi connectivity index (χ4v) is 2.36. The number of allylic oxidation sites excluding steroid dienone is 2. The Kier molecular flexibility index (Phi) is 5.99. The van der Waals surface area contributed by atoms with E-state index in [1.807, 2.05) is 32.9 Å². The highest BCUT2D eigenvalue weighted by Gasteiger charge is 2.15. The van der Waals surface area contributed by atoms with Gasteiger partial charge in [0.1, 0.15) is 34.3 Å². The van der Waals surface area contributed by atoms with E-state index in [0.29, 0.717) is 28.6 Å². The van der Waals surface area contributed by atoms with Crippen LogP contribution in [0.5, 0.6) is 5.75 Å². The summed E-state index contributed by atoms with van der Waals surface area (Å²) in [5.74, 6) is 0.408. The number of amidine groups is 1. The number of hydrogen-bond acceptors (Lipinski definition) is 3. The van der Waals surface area contributed by atoms with Crippen molar-refractivity contribution >= 4 is 23.1 Å².